The van der Waals surface area contributed by atoms with Crippen LogP contribution in [0.25, 0.3) is 0 Å². The van der Waals surface area contributed by atoms with Crippen molar-refractivity contribution in [1.29, 1.82) is 0 Å². The number of nitrogens with one attached hydrogen (secondary N) is 1. The van der Waals surface area contributed by atoms with Crippen LogP contribution in [0.5, 0.6) is 0 Å². The lowest BCUT2D eigenvalue weighted by molar-refractivity contribution is 0.0903. The van der Waals surface area contributed by atoms with Crippen LogP contribution in [0.2, 0.25) is 0 Å². The molecule has 2 atom stereocenters. The van der Waals surface area contributed by atoms with Crippen LogP contribution in [-0.2, 0) is 22.0 Å². The van der Waals surface area contributed by atoms with Crippen molar-refractivity contribution >= 4 is 22.6 Å². The number of aromatic nitrogens is 2. The van der Waals surface area contributed by atoms with Gasteiger partial charge in [0.15, 0.2) is 0 Å². The predicted molar refractivity (Wildman–Crippen MR) is 126 cm³/mol. The number of piperidine rings is 1. The summed E-state index contributed by atoms with van der Waals surface area (Å²) in [5.74, 6) is 2.68. The summed E-state index contributed by atoms with van der Waals surface area (Å²) in [4.78, 5) is 12.8. The van der Waals surface area contributed by atoms with E-state index in [2.05, 4.69) is 22.3 Å². The van der Waals surface area contributed by atoms with Gasteiger partial charge in [0.1, 0.15) is 10.7 Å². The fourth-order valence-corrected chi connectivity index (χ4v) is 6.23. The van der Waals surface area contributed by atoms with Crippen molar-refractivity contribution in [2.75, 3.05) is 42.3 Å². The van der Waals surface area contributed by atoms with E-state index in [0.29, 0.717) is 17.7 Å². The van der Waals surface area contributed by atoms with Crippen molar-refractivity contribution in [2.24, 2.45) is 0 Å². The number of aliphatic hydroxyl groups is 1. The Labute approximate surface area is 192 Å². The van der Waals surface area contributed by atoms with Crippen molar-refractivity contribution in [2.45, 2.75) is 62.0 Å². The van der Waals surface area contributed by atoms with Crippen LogP contribution in [-0.4, -0.2) is 57.4 Å². The highest BCUT2D eigenvalue weighted by Crippen LogP contribution is 2.34. The third-order valence-corrected chi connectivity index (χ3v) is 8.37. The Morgan fingerprint density at radius 2 is 1.84 bits per heavy atom. The highest BCUT2D eigenvalue weighted by atomic mass is 32.2. The van der Waals surface area contributed by atoms with Gasteiger partial charge in [-0.15, -0.1) is 0 Å². The molecule has 0 bridgehead atoms. The average molecular weight is 457 g/mol. The van der Waals surface area contributed by atoms with Crippen LogP contribution in [0.15, 0.2) is 29.2 Å². The number of aryl methyl sites for hydroxylation is 1. The van der Waals surface area contributed by atoms with Crippen LogP contribution in [0.1, 0.15) is 61.4 Å². The SMILES string of the molecule is CC(O)c1ccc(C2CCN(c3nc4c(c(NC5CCOCC5)n3)S(=O)CC4)CC2)cc1. The molecule has 4 heterocycles. The van der Waals surface area contributed by atoms with E-state index >= 15 is 0 Å². The topological polar surface area (TPSA) is 87.6 Å². The van der Waals surface area contributed by atoms with Crippen molar-refractivity contribution in [3.05, 3.63) is 41.1 Å². The van der Waals surface area contributed by atoms with Gasteiger partial charge in [0.2, 0.25) is 5.95 Å². The lowest BCUT2D eigenvalue weighted by Crippen LogP contribution is -2.35. The maximum atomic E-state index is 12.6. The number of benzene rings is 1. The monoisotopic (exact) mass is 456 g/mol. The molecular weight excluding hydrogens is 424 g/mol. The minimum absolute atomic E-state index is 0.309. The molecule has 32 heavy (non-hydrogen) atoms. The fourth-order valence-electron chi connectivity index (χ4n) is 4.92. The Morgan fingerprint density at radius 3 is 2.53 bits per heavy atom. The van der Waals surface area contributed by atoms with Gasteiger partial charge in [-0.05, 0) is 49.7 Å². The fraction of sp³-hybridized carbons (Fsp3) is 0.583. The molecule has 3 aliphatic heterocycles. The molecule has 1 aromatic carbocycles. The molecule has 2 saturated heterocycles. The zero-order chi connectivity index (χ0) is 22.1. The minimum atomic E-state index is -1.02. The third-order valence-electron chi connectivity index (χ3n) is 6.91. The first-order valence-electron chi connectivity index (χ1n) is 11.7. The molecule has 2 unspecified atom stereocenters. The number of nitrogens with zero attached hydrogens (tertiary/aromatic N) is 3. The number of hydrogen-bond acceptors (Lipinski definition) is 7. The molecule has 2 aromatic rings. The molecule has 2 N–H and O–H groups in total. The maximum Gasteiger partial charge on any atom is 0.227 e. The summed E-state index contributed by atoms with van der Waals surface area (Å²) in [5, 5.41) is 13.3. The summed E-state index contributed by atoms with van der Waals surface area (Å²) in [6.07, 6.45) is 4.30. The molecule has 0 radical (unpaired) electrons. The van der Waals surface area contributed by atoms with Crippen LogP contribution in [0.3, 0.4) is 0 Å². The molecule has 5 rings (SSSR count). The molecule has 2 fully saturated rings. The van der Waals surface area contributed by atoms with Gasteiger partial charge < -0.3 is 20.1 Å². The molecule has 7 nitrogen and oxygen atoms in total. The second-order valence-corrected chi connectivity index (χ2v) is 10.6. The maximum absolute atomic E-state index is 12.6. The van der Waals surface area contributed by atoms with Crippen molar-refractivity contribution in [1.82, 2.24) is 9.97 Å². The second kappa shape index (κ2) is 9.45. The van der Waals surface area contributed by atoms with Gasteiger partial charge >= 0.3 is 0 Å². The second-order valence-electron chi connectivity index (χ2n) is 9.08. The van der Waals surface area contributed by atoms with E-state index in [1.165, 1.54) is 5.56 Å². The van der Waals surface area contributed by atoms with Gasteiger partial charge in [-0.1, -0.05) is 24.3 Å². The van der Waals surface area contributed by atoms with Crippen molar-refractivity contribution in [3.63, 3.8) is 0 Å². The van der Waals surface area contributed by atoms with Crippen molar-refractivity contribution < 1.29 is 14.1 Å². The van der Waals surface area contributed by atoms with Gasteiger partial charge in [0, 0.05) is 44.5 Å². The number of fused-ring (bicyclic) bond motifs is 1. The normalized spacial score (nSPS) is 23.2. The summed E-state index contributed by atoms with van der Waals surface area (Å²) >= 11 is 0. The number of rotatable bonds is 5. The van der Waals surface area contributed by atoms with Gasteiger partial charge in [0.25, 0.3) is 0 Å². The Balaban J connectivity index is 1.31. The van der Waals surface area contributed by atoms with Gasteiger partial charge in [-0.25, -0.2) is 4.98 Å². The Hall–Kier alpha value is -2.03. The number of hydrogen-bond donors (Lipinski definition) is 2. The summed E-state index contributed by atoms with van der Waals surface area (Å²) in [6, 6.07) is 8.68. The minimum Gasteiger partial charge on any atom is -0.389 e. The van der Waals surface area contributed by atoms with Gasteiger partial charge in [-0.3, -0.25) is 4.21 Å². The molecule has 0 spiro atoms. The van der Waals surface area contributed by atoms with Crippen LogP contribution in [0.4, 0.5) is 11.8 Å². The van der Waals surface area contributed by atoms with E-state index in [4.69, 9.17) is 14.7 Å². The molecule has 8 heteroatoms. The zero-order valence-corrected chi connectivity index (χ0v) is 19.4. The summed E-state index contributed by atoms with van der Waals surface area (Å²) in [5.41, 5.74) is 3.24. The highest BCUT2D eigenvalue weighted by molar-refractivity contribution is 7.85. The van der Waals surface area contributed by atoms with Crippen LogP contribution >= 0.6 is 0 Å². The first-order chi connectivity index (χ1) is 15.6. The molecule has 172 valence electrons. The van der Waals surface area contributed by atoms with Crippen molar-refractivity contribution in [3.8, 4) is 0 Å². The number of anilines is 2. The molecule has 0 amide bonds. The third kappa shape index (κ3) is 4.54. The largest absolute Gasteiger partial charge is 0.389 e. The number of aliphatic hydroxyl groups excluding tert-OH is 1. The van der Waals surface area contributed by atoms with E-state index in [0.717, 1.165) is 86.3 Å². The summed E-state index contributed by atoms with van der Waals surface area (Å²) in [7, 11) is -1.02. The zero-order valence-electron chi connectivity index (χ0n) is 18.6. The molecule has 1 aromatic heterocycles. The molecule has 0 saturated carbocycles. The lowest BCUT2D eigenvalue weighted by Gasteiger charge is -2.33. The van der Waals surface area contributed by atoms with Gasteiger partial charge in [0.05, 0.1) is 22.6 Å². The average Bonchev–Trinajstić information content (AvgIpc) is 3.21. The summed E-state index contributed by atoms with van der Waals surface area (Å²) in [6.45, 7) is 5.12. The first-order valence-corrected chi connectivity index (χ1v) is 13.1. The standard InChI is InChI=1S/C24H32N4O3S/c1-16(29)17-2-4-18(5-3-17)19-6-11-28(12-7-19)24-26-21-10-15-32(30)22(21)23(27-24)25-20-8-13-31-14-9-20/h2-5,16,19-20,29H,6-15H2,1H3,(H,25,26,27). The molecule has 0 aliphatic carbocycles. The molecular formula is C24H32N4O3S. The van der Waals surface area contributed by atoms with Crippen LogP contribution < -0.4 is 10.2 Å². The Morgan fingerprint density at radius 1 is 1.12 bits per heavy atom. The Bertz CT molecular complexity index is 968. The van der Waals surface area contributed by atoms with Crippen LogP contribution in [0, 0.1) is 0 Å². The highest BCUT2D eigenvalue weighted by Gasteiger charge is 2.30. The molecule has 3 aliphatic rings. The van der Waals surface area contributed by atoms with E-state index in [1.807, 2.05) is 12.1 Å². The quantitative estimate of drug-likeness (QED) is 0.715. The summed E-state index contributed by atoms with van der Waals surface area (Å²) < 4.78 is 18.1. The van der Waals surface area contributed by atoms with E-state index in [9.17, 15) is 9.32 Å². The smallest absolute Gasteiger partial charge is 0.227 e. The number of ether oxygens (including phenoxy) is 1. The predicted octanol–water partition coefficient (Wildman–Crippen LogP) is 3.17. The van der Waals surface area contributed by atoms with E-state index in [1.54, 1.807) is 6.92 Å². The van der Waals surface area contributed by atoms with E-state index in [-0.39, 0.29) is 0 Å². The van der Waals surface area contributed by atoms with E-state index < -0.39 is 16.9 Å². The lowest BCUT2D eigenvalue weighted by atomic mass is 9.89. The Kier molecular flexibility index (Phi) is 6.44. The first kappa shape index (κ1) is 21.8. The van der Waals surface area contributed by atoms with Gasteiger partial charge in [-0.2, -0.15) is 4.98 Å².